The van der Waals surface area contributed by atoms with Gasteiger partial charge in [-0.3, -0.25) is 4.79 Å². The van der Waals surface area contributed by atoms with E-state index >= 15 is 0 Å². The molecule has 0 spiro atoms. The van der Waals surface area contributed by atoms with Gasteiger partial charge < -0.3 is 19.7 Å². The summed E-state index contributed by atoms with van der Waals surface area (Å²) in [5.41, 5.74) is 1.14. The second-order valence-electron chi connectivity index (χ2n) is 7.48. The molecule has 0 saturated heterocycles. The molecule has 0 radical (unpaired) electrons. The lowest BCUT2D eigenvalue weighted by Crippen LogP contribution is -2.53. The van der Waals surface area contributed by atoms with E-state index < -0.39 is 19.0 Å². The summed E-state index contributed by atoms with van der Waals surface area (Å²) in [6.07, 6.45) is 1.48. The highest BCUT2D eigenvalue weighted by Gasteiger charge is 2.37. The van der Waals surface area contributed by atoms with Crippen LogP contribution in [0.25, 0.3) is 0 Å². The number of ether oxygens (including phenoxy) is 1. The fraction of sp³-hybridized carbons (Fsp3) is 0.556. The summed E-state index contributed by atoms with van der Waals surface area (Å²) in [6, 6.07) is 5.19. The first-order chi connectivity index (χ1) is 11.7. The number of fused-ring (bicyclic) bond motifs is 1. The third-order valence-corrected chi connectivity index (χ3v) is 4.09. The van der Waals surface area contributed by atoms with E-state index in [2.05, 4.69) is 26.1 Å². The average Bonchev–Trinajstić information content (AvgIpc) is 2.53. The Balaban J connectivity index is 2.10. The van der Waals surface area contributed by atoms with Crippen molar-refractivity contribution in [2.24, 2.45) is 5.41 Å². The summed E-state index contributed by atoms with van der Waals surface area (Å²) in [5.74, 6) is -0.831. The highest BCUT2D eigenvalue weighted by Crippen LogP contribution is 2.31. The highest BCUT2D eigenvalue weighted by atomic mass is 16.5. The maximum absolute atomic E-state index is 12.4. The molecule has 1 unspecified atom stereocenters. The van der Waals surface area contributed by atoms with E-state index in [9.17, 15) is 14.6 Å². The van der Waals surface area contributed by atoms with E-state index in [4.69, 9.17) is 9.39 Å². The number of benzene rings is 1. The smallest absolute Gasteiger partial charge is 0.534 e. The summed E-state index contributed by atoms with van der Waals surface area (Å²) in [7, 11) is -1.20. The Labute approximate surface area is 149 Å². The lowest BCUT2D eigenvalue weighted by Gasteiger charge is -2.29. The molecule has 6 nitrogen and oxygen atoms in total. The van der Waals surface area contributed by atoms with E-state index in [-0.39, 0.29) is 11.3 Å². The van der Waals surface area contributed by atoms with Crippen LogP contribution in [-0.4, -0.2) is 36.6 Å². The Kier molecular flexibility index (Phi) is 6.11. The predicted octanol–water partition coefficient (Wildman–Crippen LogP) is 2.13. The molecule has 2 rings (SSSR count). The van der Waals surface area contributed by atoms with Gasteiger partial charge in [-0.15, -0.1) is 0 Å². The highest BCUT2D eigenvalue weighted by molar-refractivity contribution is 6.47. The maximum atomic E-state index is 12.4. The standard InChI is InChI=1S/C18H26BNO5/c1-5-15(21)20-14-11-12-7-6-8-13(16(12)25-19(14)23)17(22)24-10-9-18(2,3)4/h6-8,14,23H,5,9-11H2,1-4H3,(H,20,21). The van der Waals surface area contributed by atoms with Crippen LogP contribution in [-0.2, 0) is 16.0 Å². The summed E-state index contributed by atoms with van der Waals surface area (Å²) in [6.45, 7) is 8.30. The maximum Gasteiger partial charge on any atom is 0.547 e. The Bertz CT molecular complexity index is 641. The molecule has 0 aliphatic carbocycles. The zero-order chi connectivity index (χ0) is 18.6. The van der Waals surface area contributed by atoms with Crippen molar-refractivity contribution < 1.29 is 24.0 Å². The van der Waals surface area contributed by atoms with Gasteiger partial charge in [0.05, 0.1) is 12.5 Å². The van der Waals surface area contributed by atoms with Crippen LogP contribution in [0.4, 0.5) is 0 Å². The van der Waals surface area contributed by atoms with E-state index in [0.29, 0.717) is 30.8 Å². The molecular formula is C18H26BNO5. The largest absolute Gasteiger partial charge is 0.547 e. The number of carbonyl (C=O) groups is 2. The number of hydrogen-bond donors (Lipinski definition) is 2. The van der Waals surface area contributed by atoms with Crippen LogP contribution < -0.4 is 9.97 Å². The molecule has 1 aliphatic heterocycles. The Hall–Kier alpha value is -2.02. The molecule has 136 valence electrons. The van der Waals surface area contributed by atoms with Gasteiger partial charge in [0.25, 0.3) is 0 Å². The predicted molar refractivity (Wildman–Crippen MR) is 95.3 cm³/mol. The summed E-state index contributed by atoms with van der Waals surface area (Å²) < 4.78 is 10.9. The summed E-state index contributed by atoms with van der Waals surface area (Å²) in [5, 5.41) is 12.9. The molecule has 0 aromatic heterocycles. The van der Waals surface area contributed by atoms with Gasteiger partial charge in [-0.05, 0) is 29.9 Å². The van der Waals surface area contributed by atoms with Crippen molar-refractivity contribution in [3.63, 3.8) is 0 Å². The molecule has 1 heterocycles. The van der Waals surface area contributed by atoms with Gasteiger partial charge in [-0.2, -0.15) is 0 Å². The number of hydrogen-bond acceptors (Lipinski definition) is 5. The first-order valence-electron chi connectivity index (χ1n) is 8.64. The van der Waals surface area contributed by atoms with Gasteiger partial charge in [-0.25, -0.2) is 4.79 Å². The Morgan fingerprint density at radius 1 is 1.40 bits per heavy atom. The van der Waals surface area contributed by atoms with Gasteiger partial charge in [0.15, 0.2) is 0 Å². The minimum Gasteiger partial charge on any atom is -0.534 e. The van der Waals surface area contributed by atoms with Crippen LogP contribution in [0.5, 0.6) is 5.75 Å². The van der Waals surface area contributed by atoms with Gasteiger partial charge in [0.1, 0.15) is 11.3 Å². The Morgan fingerprint density at radius 3 is 2.76 bits per heavy atom. The number of para-hydroxylation sites is 1. The fourth-order valence-corrected chi connectivity index (χ4v) is 2.54. The zero-order valence-electron chi connectivity index (χ0n) is 15.3. The number of rotatable bonds is 5. The van der Waals surface area contributed by atoms with Crippen LogP contribution >= 0.6 is 0 Å². The van der Waals surface area contributed by atoms with E-state index in [1.807, 2.05) is 6.07 Å². The van der Waals surface area contributed by atoms with Gasteiger partial charge in [0, 0.05) is 6.42 Å². The normalized spacial score (nSPS) is 16.7. The molecule has 1 aliphatic rings. The zero-order valence-corrected chi connectivity index (χ0v) is 15.3. The van der Waals surface area contributed by atoms with Crippen LogP contribution in [0.1, 0.15) is 56.5 Å². The van der Waals surface area contributed by atoms with Crippen molar-refractivity contribution in [2.75, 3.05) is 6.61 Å². The van der Waals surface area contributed by atoms with Crippen molar-refractivity contribution in [3.8, 4) is 5.75 Å². The van der Waals surface area contributed by atoms with Crippen molar-refractivity contribution in [2.45, 2.75) is 52.9 Å². The van der Waals surface area contributed by atoms with Crippen LogP contribution in [0.3, 0.4) is 0 Å². The van der Waals surface area contributed by atoms with Crippen molar-refractivity contribution in [1.82, 2.24) is 5.32 Å². The third-order valence-electron chi connectivity index (χ3n) is 4.09. The molecule has 1 amide bonds. The number of esters is 1. The van der Waals surface area contributed by atoms with E-state index in [1.54, 1.807) is 19.1 Å². The number of nitrogens with one attached hydrogen (secondary N) is 1. The molecule has 0 fully saturated rings. The van der Waals surface area contributed by atoms with E-state index in [0.717, 1.165) is 12.0 Å². The van der Waals surface area contributed by atoms with Gasteiger partial charge in [0.2, 0.25) is 5.91 Å². The molecule has 0 saturated carbocycles. The van der Waals surface area contributed by atoms with Crippen molar-refractivity contribution >= 4 is 19.0 Å². The average molecular weight is 347 g/mol. The molecular weight excluding hydrogens is 321 g/mol. The molecule has 1 aromatic carbocycles. The van der Waals surface area contributed by atoms with Crippen LogP contribution in [0.15, 0.2) is 18.2 Å². The van der Waals surface area contributed by atoms with Crippen molar-refractivity contribution in [3.05, 3.63) is 29.3 Å². The minimum atomic E-state index is -1.20. The second kappa shape index (κ2) is 7.91. The molecule has 0 bridgehead atoms. The molecule has 2 N–H and O–H groups in total. The summed E-state index contributed by atoms with van der Waals surface area (Å²) >= 11 is 0. The Morgan fingerprint density at radius 2 is 2.12 bits per heavy atom. The SMILES string of the molecule is CCC(=O)NC1Cc2cccc(C(=O)OCCC(C)(C)C)c2OB1O. The molecule has 1 aromatic rings. The lowest BCUT2D eigenvalue weighted by atomic mass is 9.72. The quantitative estimate of drug-likeness (QED) is 0.630. The first-order valence-corrected chi connectivity index (χ1v) is 8.64. The van der Waals surface area contributed by atoms with E-state index in [1.165, 1.54) is 0 Å². The fourth-order valence-electron chi connectivity index (χ4n) is 2.54. The number of amides is 1. The minimum absolute atomic E-state index is 0.0772. The molecule has 1 atom stereocenters. The van der Waals surface area contributed by atoms with Crippen molar-refractivity contribution in [1.29, 1.82) is 0 Å². The topological polar surface area (TPSA) is 84.9 Å². The van der Waals surface area contributed by atoms with Gasteiger partial charge in [-0.1, -0.05) is 39.8 Å². The lowest BCUT2D eigenvalue weighted by molar-refractivity contribution is -0.121. The first kappa shape index (κ1) is 19.3. The van der Waals surface area contributed by atoms with Gasteiger partial charge >= 0.3 is 13.1 Å². The molecule has 7 heteroatoms. The summed E-state index contributed by atoms with van der Waals surface area (Å²) in [4.78, 5) is 23.9. The molecule has 25 heavy (non-hydrogen) atoms. The van der Waals surface area contributed by atoms with Crippen LogP contribution in [0.2, 0.25) is 0 Å². The third kappa shape index (κ3) is 5.23. The monoisotopic (exact) mass is 347 g/mol. The second-order valence-corrected chi connectivity index (χ2v) is 7.48. The number of carbonyl (C=O) groups excluding carboxylic acids is 2. The van der Waals surface area contributed by atoms with Crippen LogP contribution in [0, 0.1) is 5.41 Å².